The van der Waals surface area contributed by atoms with Crippen molar-refractivity contribution >= 4 is 10.0 Å². The molecule has 1 N–H and O–H groups in total. The van der Waals surface area contributed by atoms with Gasteiger partial charge < -0.3 is 0 Å². The minimum absolute atomic E-state index is 0.0205. The van der Waals surface area contributed by atoms with Crippen LogP contribution < -0.4 is 4.72 Å². The highest BCUT2D eigenvalue weighted by molar-refractivity contribution is 7.89. The first-order chi connectivity index (χ1) is 6.94. The lowest BCUT2D eigenvalue weighted by molar-refractivity contribution is 0.566. The third-order valence-corrected chi connectivity index (χ3v) is 3.56. The predicted octanol–water partition coefficient (Wildman–Crippen LogP) is 1.83. The van der Waals surface area contributed by atoms with E-state index >= 15 is 0 Å². The Hall–Kier alpha value is -0.940. The Bertz CT molecular complexity index is 431. The number of hydrogen-bond acceptors (Lipinski definition) is 2. The summed E-state index contributed by atoms with van der Waals surface area (Å²) >= 11 is 0. The first kappa shape index (κ1) is 12.1. The monoisotopic (exact) mass is 231 g/mol. The molecule has 5 heteroatoms. The zero-order valence-corrected chi connectivity index (χ0v) is 9.51. The quantitative estimate of drug-likeness (QED) is 0.859. The maximum atomic E-state index is 12.9. The molecule has 1 aromatic rings. The third-order valence-electron chi connectivity index (χ3n) is 2.09. The lowest BCUT2D eigenvalue weighted by atomic mass is 10.1. The Labute approximate surface area is 89.4 Å². The maximum absolute atomic E-state index is 12.9. The van der Waals surface area contributed by atoms with E-state index in [1.54, 1.807) is 26.0 Å². The molecular weight excluding hydrogens is 217 g/mol. The van der Waals surface area contributed by atoms with Crippen molar-refractivity contribution < 1.29 is 12.8 Å². The lowest BCUT2D eigenvalue weighted by Gasteiger charge is -2.13. The molecule has 0 aliphatic heterocycles. The third kappa shape index (κ3) is 3.60. The van der Waals surface area contributed by atoms with E-state index in [4.69, 9.17) is 0 Å². The highest BCUT2D eigenvalue weighted by Gasteiger charge is 2.13. The standard InChI is InChI=1S/C10H14FNO2S/c1-3-15(13,14)12-8(2)9-5-4-6-10(11)7-9/h4-8,12H,3H2,1-2H3. The molecule has 15 heavy (non-hydrogen) atoms. The molecule has 0 radical (unpaired) electrons. The van der Waals surface area contributed by atoms with Gasteiger partial charge in [0.05, 0.1) is 5.75 Å². The molecule has 0 aromatic heterocycles. The number of nitrogens with one attached hydrogen (secondary N) is 1. The fourth-order valence-electron chi connectivity index (χ4n) is 1.20. The molecule has 1 unspecified atom stereocenters. The number of halogens is 1. The first-order valence-corrected chi connectivity index (χ1v) is 6.35. The van der Waals surface area contributed by atoms with Gasteiger partial charge in [-0.15, -0.1) is 0 Å². The van der Waals surface area contributed by atoms with Gasteiger partial charge in [-0.3, -0.25) is 0 Å². The summed E-state index contributed by atoms with van der Waals surface area (Å²) in [6, 6.07) is 5.48. The van der Waals surface area contributed by atoms with Crippen LogP contribution in [-0.2, 0) is 10.0 Å². The molecule has 0 saturated heterocycles. The molecule has 0 bridgehead atoms. The molecule has 3 nitrogen and oxygen atoms in total. The zero-order chi connectivity index (χ0) is 11.5. The molecule has 0 amide bonds. The van der Waals surface area contributed by atoms with E-state index < -0.39 is 16.1 Å². The van der Waals surface area contributed by atoms with Gasteiger partial charge in [-0.2, -0.15) is 0 Å². The number of hydrogen-bond donors (Lipinski definition) is 1. The average molecular weight is 231 g/mol. The van der Waals surface area contributed by atoms with Crippen LogP contribution in [0.15, 0.2) is 24.3 Å². The van der Waals surface area contributed by atoms with Crippen LogP contribution in [0.5, 0.6) is 0 Å². The molecule has 0 aliphatic carbocycles. The highest BCUT2D eigenvalue weighted by atomic mass is 32.2. The molecule has 1 aromatic carbocycles. The van der Waals surface area contributed by atoms with Crippen molar-refractivity contribution in [3.8, 4) is 0 Å². The van der Waals surface area contributed by atoms with Gasteiger partial charge in [0.25, 0.3) is 0 Å². The highest BCUT2D eigenvalue weighted by Crippen LogP contribution is 2.14. The van der Waals surface area contributed by atoms with E-state index in [1.807, 2.05) is 0 Å². The Morgan fingerprint density at radius 2 is 2.13 bits per heavy atom. The van der Waals surface area contributed by atoms with Crippen LogP contribution in [0.4, 0.5) is 4.39 Å². The molecule has 0 heterocycles. The average Bonchev–Trinajstić information content (AvgIpc) is 2.17. The largest absolute Gasteiger partial charge is 0.212 e. The zero-order valence-electron chi connectivity index (χ0n) is 8.70. The topological polar surface area (TPSA) is 46.2 Å². The molecule has 1 atom stereocenters. The summed E-state index contributed by atoms with van der Waals surface area (Å²) in [6.45, 7) is 3.24. The van der Waals surface area contributed by atoms with Crippen LogP contribution in [0.1, 0.15) is 25.5 Å². The summed E-state index contributed by atoms with van der Waals surface area (Å²) in [6.07, 6.45) is 0. The maximum Gasteiger partial charge on any atom is 0.211 e. The van der Waals surface area contributed by atoms with Crippen molar-refractivity contribution in [3.05, 3.63) is 35.6 Å². The van der Waals surface area contributed by atoms with Crippen LogP contribution in [0.2, 0.25) is 0 Å². The van der Waals surface area contributed by atoms with E-state index in [9.17, 15) is 12.8 Å². The number of rotatable bonds is 4. The van der Waals surface area contributed by atoms with Crippen LogP contribution >= 0.6 is 0 Å². The predicted molar refractivity (Wildman–Crippen MR) is 57.4 cm³/mol. The lowest BCUT2D eigenvalue weighted by Crippen LogP contribution is -2.28. The van der Waals surface area contributed by atoms with Gasteiger partial charge in [-0.1, -0.05) is 12.1 Å². The second-order valence-electron chi connectivity index (χ2n) is 3.30. The fraction of sp³-hybridized carbons (Fsp3) is 0.400. The Balaban J connectivity index is 2.82. The smallest absolute Gasteiger partial charge is 0.211 e. The van der Waals surface area contributed by atoms with Crippen molar-refractivity contribution in [1.82, 2.24) is 4.72 Å². The van der Waals surface area contributed by atoms with E-state index in [0.717, 1.165) is 0 Å². The van der Waals surface area contributed by atoms with Crippen molar-refractivity contribution in [2.24, 2.45) is 0 Å². The molecule has 1 rings (SSSR count). The van der Waals surface area contributed by atoms with E-state index in [0.29, 0.717) is 5.56 Å². The summed E-state index contributed by atoms with van der Waals surface area (Å²) in [4.78, 5) is 0. The van der Waals surface area contributed by atoms with E-state index in [-0.39, 0.29) is 11.6 Å². The molecule has 0 saturated carbocycles. The number of sulfonamides is 1. The summed E-state index contributed by atoms with van der Waals surface area (Å²) in [5.41, 5.74) is 0.618. The molecule has 0 spiro atoms. The number of benzene rings is 1. The minimum Gasteiger partial charge on any atom is -0.212 e. The molecule has 0 aliphatic rings. The molecule has 0 fully saturated rings. The van der Waals surface area contributed by atoms with Gasteiger partial charge in [0, 0.05) is 6.04 Å². The minimum atomic E-state index is -3.25. The normalized spacial score (nSPS) is 13.8. The van der Waals surface area contributed by atoms with Gasteiger partial charge in [-0.25, -0.2) is 17.5 Å². The van der Waals surface area contributed by atoms with Crippen molar-refractivity contribution in [1.29, 1.82) is 0 Å². The van der Waals surface area contributed by atoms with Gasteiger partial charge in [-0.05, 0) is 31.5 Å². The van der Waals surface area contributed by atoms with Crippen LogP contribution in [0.3, 0.4) is 0 Å². The fourth-order valence-corrected chi connectivity index (χ4v) is 2.04. The van der Waals surface area contributed by atoms with Gasteiger partial charge in [0.15, 0.2) is 0 Å². The Morgan fingerprint density at radius 3 is 2.67 bits per heavy atom. The Kier molecular flexibility index (Phi) is 3.82. The SMILES string of the molecule is CCS(=O)(=O)NC(C)c1cccc(F)c1. The second kappa shape index (κ2) is 4.72. The van der Waals surface area contributed by atoms with Gasteiger partial charge in [0.2, 0.25) is 10.0 Å². The van der Waals surface area contributed by atoms with Crippen molar-refractivity contribution in [3.63, 3.8) is 0 Å². The van der Waals surface area contributed by atoms with Crippen LogP contribution in [0, 0.1) is 5.82 Å². The Morgan fingerprint density at radius 1 is 1.47 bits per heavy atom. The van der Waals surface area contributed by atoms with E-state index in [2.05, 4.69) is 4.72 Å². The molecular formula is C10H14FNO2S. The second-order valence-corrected chi connectivity index (χ2v) is 5.34. The van der Waals surface area contributed by atoms with Crippen molar-refractivity contribution in [2.45, 2.75) is 19.9 Å². The van der Waals surface area contributed by atoms with Crippen LogP contribution in [-0.4, -0.2) is 14.2 Å². The van der Waals surface area contributed by atoms with Crippen LogP contribution in [0.25, 0.3) is 0 Å². The summed E-state index contributed by atoms with van der Waals surface area (Å²) in [5.74, 6) is -0.345. The summed E-state index contributed by atoms with van der Waals surface area (Å²) in [7, 11) is -3.25. The molecule has 84 valence electrons. The van der Waals surface area contributed by atoms with Gasteiger partial charge >= 0.3 is 0 Å². The van der Waals surface area contributed by atoms with Crippen molar-refractivity contribution in [2.75, 3.05) is 5.75 Å². The summed E-state index contributed by atoms with van der Waals surface area (Å²) < 4.78 is 37.8. The van der Waals surface area contributed by atoms with E-state index in [1.165, 1.54) is 12.1 Å². The first-order valence-electron chi connectivity index (χ1n) is 4.70. The van der Waals surface area contributed by atoms with Gasteiger partial charge in [0.1, 0.15) is 5.82 Å². The summed E-state index contributed by atoms with van der Waals surface area (Å²) in [5, 5.41) is 0.